The molecule has 300 valence electrons. The summed E-state index contributed by atoms with van der Waals surface area (Å²) >= 11 is 4.39. The number of phosphoric acid groups is 2. The van der Waals surface area contributed by atoms with Crippen molar-refractivity contribution in [3.8, 4) is 0 Å². The molecule has 0 amide bonds. The van der Waals surface area contributed by atoms with Crippen LogP contribution in [0.3, 0.4) is 0 Å². The average molecular weight is 834 g/mol. The first-order valence-corrected chi connectivity index (χ1v) is 20.1. The van der Waals surface area contributed by atoms with Gasteiger partial charge in [0.15, 0.2) is 17.7 Å². The Morgan fingerprint density at radius 1 is 1.09 bits per heavy atom. The van der Waals surface area contributed by atoms with Gasteiger partial charge in [0, 0.05) is 18.0 Å². The van der Waals surface area contributed by atoms with Crippen LogP contribution in [-0.4, -0.2) is 139 Å². The smallest absolute Gasteiger partial charge is 0.388 e. The highest BCUT2D eigenvalue weighted by Gasteiger charge is 2.62. The zero-order valence-corrected chi connectivity index (χ0v) is 31.2. The van der Waals surface area contributed by atoms with Crippen LogP contribution in [0, 0.1) is 0 Å². The van der Waals surface area contributed by atoms with Gasteiger partial charge in [-0.3, -0.25) is 28.4 Å². The highest BCUT2D eigenvalue weighted by atomic mass is 32.1. The Morgan fingerprint density at radius 2 is 1.82 bits per heavy atom. The van der Waals surface area contributed by atoms with Gasteiger partial charge in [0.05, 0.1) is 26.1 Å². The van der Waals surface area contributed by atoms with Crippen molar-refractivity contribution in [3.05, 3.63) is 56.4 Å². The Kier molecular flexibility index (Phi) is 10.4. The quantitative estimate of drug-likeness (QED) is 0.0449. The first-order valence-electron chi connectivity index (χ1n) is 16.4. The van der Waals surface area contributed by atoms with Crippen LogP contribution in [0.15, 0.2) is 45.2 Å². The second-order valence-electron chi connectivity index (χ2n) is 13.4. The summed E-state index contributed by atoms with van der Waals surface area (Å²) in [5.74, 6) is 0.432. The summed E-state index contributed by atoms with van der Waals surface area (Å²) in [5.41, 5.74) is 6.52. The SMILES string of the molecule is CC1=C(CS)C=C2N(C[C@H](O)[C@H](O)[C@H](O)COP(=O)(O)OP(=O)(O)OC[C@H]3O[C@@H](n4cnc5c(N)ncnc54)[C@H](O)[C@@H]3O)c3[nH]c(=O)[nH]c(=O)c3N3C[C@]23C1. The summed E-state index contributed by atoms with van der Waals surface area (Å²) in [7, 11) is -11.0. The minimum atomic E-state index is -5.54. The number of allylic oxidation sites excluding steroid dienone is 1. The van der Waals surface area contributed by atoms with E-state index < -0.39 is 95.0 Å². The molecule has 55 heavy (non-hydrogen) atoms. The van der Waals surface area contributed by atoms with Crippen LogP contribution in [0.4, 0.5) is 17.3 Å². The van der Waals surface area contributed by atoms with Crippen molar-refractivity contribution in [1.29, 1.82) is 0 Å². The van der Waals surface area contributed by atoms with Crippen LogP contribution >= 0.6 is 28.3 Å². The molecule has 27 heteroatoms. The van der Waals surface area contributed by atoms with E-state index >= 15 is 0 Å². The Bertz CT molecular complexity index is 2290. The Labute approximate surface area is 314 Å². The minimum absolute atomic E-state index is 0.0330. The predicted octanol–water partition coefficient (Wildman–Crippen LogP) is -2.65. The van der Waals surface area contributed by atoms with Gasteiger partial charge < -0.3 is 55.6 Å². The molecule has 2 fully saturated rings. The van der Waals surface area contributed by atoms with E-state index in [4.69, 9.17) is 15.0 Å². The molecule has 7 rings (SSSR count). The predicted molar refractivity (Wildman–Crippen MR) is 191 cm³/mol. The fourth-order valence-electron chi connectivity index (χ4n) is 7.01. The van der Waals surface area contributed by atoms with Crippen molar-refractivity contribution in [2.24, 2.45) is 0 Å². The number of ether oxygens (including phenoxy) is 1. The molecule has 10 atom stereocenters. The van der Waals surface area contributed by atoms with E-state index in [1.807, 2.05) is 17.9 Å². The van der Waals surface area contributed by atoms with Gasteiger partial charge in [-0.15, -0.1) is 0 Å². The van der Waals surface area contributed by atoms with Gasteiger partial charge in [-0.1, -0.05) is 5.57 Å². The lowest BCUT2D eigenvalue weighted by Crippen LogP contribution is -2.51. The third-order valence-corrected chi connectivity index (χ3v) is 12.7. The van der Waals surface area contributed by atoms with E-state index in [9.17, 15) is 54.0 Å². The molecule has 3 aromatic heterocycles. The molecule has 3 aliphatic heterocycles. The first-order chi connectivity index (χ1) is 25.9. The maximum atomic E-state index is 12.9. The van der Waals surface area contributed by atoms with Crippen LogP contribution in [0.5, 0.6) is 0 Å². The van der Waals surface area contributed by atoms with Crippen LogP contribution in [0.25, 0.3) is 11.2 Å². The number of rotatable bonds is 14. The van der Waals surface area contributed by atoms with Crippen LogP contribution in [0.2, 0.25) is 0 Å². The van der Waals surface area contributed by atoms with Gasteiger partial charge in [-0.05, 0) is 25.0 Å². The fourth-order valence-corrected chi connectivity index (χ4v) is 9.47. The number of anilines is 3. The third kappa shape index (κ3) is 7.30. The van der Waals surface area contributed by atoms with Gasteiger partial charge >= 0.3 is 21.3 Å². The van der Waals surface area contributed by atoms with Crippen LogP contribution in [0.1, 0.15) is 19.6 Å². The number of hydrogen-bond acceptors (Lipinski definition) is 20. The van der Waals surface area contributed by atoms with Gasteiger partial charge in [-0.25, -0.2) is 28.9 Å². The molecule has 0 bridgehead atoms. The molecule has 1 aliphatic carbocycles. The monoisotopic (exact) mass is 833 g/mol. The molecule has 0 radical (unpaired) electrons. The summed E-state index contributed by atoms with van der Waals surface area (Å²) in [6.45, 7) is -0.303. The molecular formula is C28H37N9O15P2S. The fraction of sp³-hybridized carbons (Fsp3) is 0.536. The molecule has 3 aromatic rings. The van der Waals surface area contributed by atoms with Crippen molar-refractivity contribution < 1.29 is 62.5 Å². The van der Waals surface area contributed by atoms with Crippen molar-refractivity contribution >= 4 is 56.8 Å². The second-order valence-corrected chi connectivity index (χ2v) is 16.7. The van der Waals surface area contributed by atoms with Crippen LogP contribution < -0.4 is 26.8 Å². The number of imidazole rings is 1. The maximum absolute atomic E-state index is 12.9. The third-order valence-electron chi connectivity index (χ3n) is 9.80. The molecule has 0 aromatic carbocycles. The van der Waals surface area contributed by atoms with E-state index in [0.717, 1.165) is 17.5 Å². The molecule has 6 heterocycles. The number of nitrogens with zero attached hydrogens (tertiary/aromatic N) is 6. The number of nitrogens with two attached hydrogens (primary N) is 1. The molecule has 24 nitrogen and oxygen atoms in total. The molecule has 11 N–H and O–H groups in total. The van der Waals surface area contributed by atoms with Crippen molar-refractivity contribution in [2.75, 3.05) is 47.6 Å². The molecule has 0 saturated carbocycles. The second kappa shape index (κ2) is 14.5. The van der Waals surface area contributed by atoms with Crippen LogP contribution in [-0.2, 0) is 27.2 Å². The summed E-state index contributed by atoms with van der Waals surface area (Å²) in [5, 5.41) is 53.6. The summed E-state index contributed by atoms with van der Waals surface area (Å²) < 4.78 is 45.6. The number of nitrogen functional groups attached to an aromatic ring is 1. The van der Waals surface area contributed by atoms with E-state index in [1.54, 1.807) is 0 Å². The number of hydrogen-bond donors (Lipinski definition) is 11. The number of β-amino-alcohol motifs (C(OH)–C–C–N with tert-alkyl or cyclic N) is 1. The Morgan fingerprint density at radius 3 is 2.55 bits per heavy atom. The summed E-state index contributed by atoms with van der Waals surface area (Å²) in [4.78, 5) is 65.3. The Hall–Kier alpha value is -3.52. The molecule has 1 spiro atoms. The normalized spacial score (nSPS) is 28.5. The number of aromatic nitrogens is 6. The van der Waals surface area contributed by atoms with Gasteiger partial charge in [-0.2, -0.15) is 16.9 Å². The Balaban J connectivity index is 0.964. The zero-order valence-electron chi connectivity index (χ0n) is 28.5. The highest BCUT2D eigenvalue weighted by Crippen LogP contribution is 2.61. The number of phosphoric ester groups is 2. The van der Waals surface area contributed by atoms with E-state index in [0.29, 0.717) is 24.4 Å². The van der Waals surface area contributed by atoms with E-state index in [-0.39, 0.29) is 28.5 Å². The van der Waals surface area contributed by atoms with E-state index in [2.05, 4.69) is 46.4 Å². The number of H-pyrrole nitrogens is 2. The minimum Gasteiger partial charge on any atom is -0.388 e. The number of aliphatic hydroxyl groups excluding tert-OH is 5. The lowest BCUT2D eigenvalue weighted by molar-refractivity contribution is -0.0722. The molecule has 2 saturated heterocycles. The topological polar surface area (TPSA) is 354 Å². The average Bonchev–Trinajstić information content (AvgIpc) is 3.52. The van der Waals surface area contributed by atoms with Crippen molar-refractivity contribution in [1.82, 2.24) is 29.5 Å². The standard InChI is InChI=1S/C28H37N9O15P2S/c1-11-3-28-8-37(28)18-24(33-27(44)34-25(18)43)35(16(28)2-12(11)7-55)4-13(38)19(40)14(39)5-49-53(45,46)52-54(47,48)50-6-15-20(41)21(42)26(51-15)36-10-32-17-22(29)30-9-31-23(17)36/h2,9-10,13-15,19-21,26,38-42,55H,3-8H2,1H3,(H,45,46)(H,47,48)(H2,29,30,31)(H2,33,34,43,44)/t13-,14+,15+,19-,20+,21+,26+,28+,37?/m0/s1. The number of aromatic amines is 2. The lowest BCUT2D eigenvalue weighted by Gasteiger charge is -2.41. The number of fused-ring (bicyclic) bond motifs is 3. The van der Waals surface area contributed by atoms with Crippen molar-refractivity contribution in [2.45, 2.75) is 61.7 Å². The maximum Gasteiger partial charge on any atom is 0.481 e. The number of nitrogens with one attached hydrogen (secondary N) is 2. The van der Waals surface area contributed by atoms with Crippen molar-refractivity contribution in [3.63, 3.8) is 0 Å². The number of aliphatic hydroxyl groups is 5. The molecule has 2 unspecified atom stereocenters. The summed E-state index contributed by atoms with van der Waals surface area (Å²) in [6.07, 6.45) is -7.46. The highest BCUT2D eigenvalue weighted by molar-refractivity contribution is 7.80. The number of thiol groups is 1. The summed E-state index contributed by atoms with van der Waals surface area (Å²) in [6, 6.07) is 0. The van der Waals surface area contributed by atoms with Gasteiger partial charge in [0.25, 0.3) is 5.56 Å². The largest absolute Gasteiger partial charge is 0.481 e. The zero-order chi connectivity index (χ0) is 39.8. The van der Waals surface area contributed by atoms with Gasteiger partial charge in [0.2, 0.25) is 0 Å². The molecular weight excluding hydrogens is 796 g/mol. The first kappa shape index (κ1) is 39.7. The lowest BCUT2D eigenvalue weighted by atomic mass is 9.85. The van der Waals surface area contributed by atoms with Gasteiger partial charge in [0.1, 0.15) is 65.5 Å². The molecule has 4 aliphatic rings. The van der Waals surface area contributed by atoms with E-state index in [1.165, 1.54) is 15.8 Å².